The minimum Gasteiger partial charge on any atom is -0.388 e. The second-order valence-corrected chi connectivity index (χ2v) is 13.7. The lowest BCUT2D eigenvalue weighted by atomic mass is 9.91. The molecule has 1 fully saturated rings. The quantitative estimate of drug-likeness (QED) is 0.0994. The minimum absolute atomic E-state index is 0.00996. The first-order valence-corrected chi connectivity index (χ1v) is 18.5. The molecule has 0 bridgehead atoms. The topological polar surface area (TPSA) is 179 Å². The van der Waals surface area contributed by atoms with Crippen LogP contribution in [0.5, 0.6) is 0 Å². The van der Waals surface area contributed by atoms with Gasteiger partial charge in [0.05, 0.1) is 25.4 Å². The number of rotatable bonds is 14. The van der Waals surface area contributed by atoms with Gasteiger partial charge in [0.1, 0.15) is 12.2 Å². The fourth-order valence-electron chi connectivity index (χ4n) is 7.22. The molecular formula is C40H47N9O5. The van der Waals surface area contributed by atoms with E-state index in [9.17, 15) is 19.8 Å². The summed E-state index contributed by atoms with van der Waals surface area (Å²) in [5, 5.41) is 34.0. The van der Waals surface area contributed by atoms with Gasteiger partial charge in [-0.15, -0.1) is 0 Å². The lowest BCUT2D eigenvalue weighted by Gasteiger charge is -2.28. The minimum atomic E-state index is -1.35. The van der Waals surface area contributed by atoms with Gasteiger partial charge in [-0.2, -0.15) is 0 Å². The Morgan fingerprint density at radius 2 is 1.59 bits per heavy atom. The Labute approximate surface area is 314 Å². The first-order valence-electron chi connectivity index (χ1n) is 18.5. The summed E-state index contributed by atoms with van der Waals surface area (Å²) in [5.74, 6) is 0.422. The summed E-state index contributed by atoms with van der Waals surface area (Å²) in [4.78, 5) is 41.8. The summed E-state index contributed by atoms with van der Waals surface area (Å²) in [6.45, 7) is 5.71. The van der Waals surface area contributed by atoms with E-state index in [0.29, 0.717) is 42.4 Å². The zero-order valence-corrected chi connectivity index (χ0v) is 30.3. The summed E-state index contributed by atoms with van der Waals surface area (Å²) in [6, 6.07) is 28.5. The van der Waals surface area contributed by atoms with E-state index in [-0.39, 0.29) is 30.8 Å². The monoisotopic (exact) mass is 733 g/mol. The van der Waals surface area contributed by atoms with Crippen molar-refractivity contribution < 1.29 is 24.5 Å². The maximum atomic E-state index is 13.0. The van der Waals surface area contributed by atoms with Gasteiger partial charge in [0.15, 0.2) is 29.0 Å². The van der Waals surface area contributed by atoms with Gasteiger partial charge >= 0.3 is 6.03 Å². The summed E-state index contributed by atoms with van der Waals surface area (Å²) in [5.41, 5.74) is 5.70. The molecule has 2 aromatic heterocycles. The average molecular weight is 734 g/mol. The Balaban J connectivity index is 1.09. The predicted molar refractivity (Wildman–Crippen MR) is 203 cm³/mol. The lowest BCUT2D eigenvalue weighted by molar-refractivity contribution is -0.125. The van der Waals surface area contributed by atoms with E-state index in [1.54, 1.807) is 11.5 Å². The largest absolute Gasteiger partial charge is 0.388 e. The molecule has 0 unspecified atom stereocenters. The highest BCUT2D eigenvalue weighted by Gasteiger charge is 2.45. The van der Waals surface area contributed by atoms with E-state index in [4.69, 9.17) is 14.7 Å². The lowest BCUT2D eigenvalue weighted by Crippen LogP contribution is -2.41. The molecule has 0 spiro atoms. The number of benzene rings is 3. The molecule has 2 aliphatic heterocycles. The van der Waals surface area contributed by atoms with Crippen LogP contribution in [0.4, 0.5) is 10.6 Å². The summed E-state index contributed by atoms with van der Waals surface area (Å²) in [7, 11) is 0. The summed E-state index contributed by atoms with van der Waals surface area (Å²) in [6.07, 6.45) is -2.31. The van der Waals surface area contributed by atoms with Crippen molar-refractivity contribution in [1.29, 1.82) is 0 Å². The number of carbonyl (C=O) groups is 2. The number of aromatic nitrogens is 4. The number of carbonyl (C=O) groups excluding carboxylic acids is 2. The molecule has 4 heterocycles. The predicted octanol–water partition coefficient (Wildman–Crippen LogP) is 3.07. The fourth-order valence-corrected chi connectivity index (χ4v) is 7.22. The Kier molecular flexibility index (Phi) is 11.7. The van der Waals surface area contributed by atoms with Crippen molar-refractivity contribution in [3.05, 3.63) is 119 Å². The van der Waals surface area contributed by atoms with E-state index in [0.717, 1.165) is 37.2 Å². The van der Waals surface area contributed by atoms with Gasteiger partial charge in [0.25, 0.3) is 0 Å². The van der Waals surface area contributed by atoms with Crippen molar-refractivity contribution in [2.45, 2.75) is 63.3 Å². The number of urea groups is 1. The standard InChI is InChI=1S/C40H47N9O5/c1-2-41-33(50)21-31-35(51)36(52)39(54-31)49-25-45-34-37(43-22-30(27-12-5-3-6-13-27)28-14-7-4-8-15-28)46-32(47-38(34)49)23-44-40(53)42-18-20-48-19-17-26-11-9-10-16-29(26)24-48/h3-16,25,30-31,35-36,39,51-52H,2,17-24H2,1H3,(H,41,50)(H2,42,44,53)(H,43,46,47)/t31-,35+,36+,39+/m0/s1. The molecule has 3 aromatic carbocycles. The highest BCUT2D eigenvalue weighted by Crippen LogP contribution is 2.34. The average Bonchev–Trinajstić information content (AvgIpc) is 3.74. The van der Waals surface area contributed by atoms with E-state index < -0.39 is 24.5 Å². The van der Waals surface area contributed by atoms with Crippen LogP contribution in [0, 0.1) is 0 Å². The van der Waals surface area contributed by atoms with Crippen molar-refractivity contribution in [2.75, 3.05) is 38.0 Å². The number of ether oxygens (including phenoxy) is 1. The van der Waals surface area contributed by atoms with Gasteiger partial charge in [0, 0.05) is 45.2 Å². The molecule has 6 N–H and O–H groups in total. The number of imidazole rings is 1. The molecule has 0 radical (unpaired) electrons. The van der Waals surface area contributed by atoms with Gasteiger partial charge in [-0.05, 0) is 35.6 Å². The Hall–Kier alpha value is -5.41. The Morgan fingerprint density at radius 1 is 0.889 bits per heavy atom. The third-order valence-corrected chi connectivity index (χ3v) is 10.0. The Morgan fingerprint density at radius 3 is 2.31 bits per heavy atom. The van der Waals surface area contributed by atoms with Gasteiger partial charge in [0.2, 0.25) is 5.91 Å². The number of aliphatic hydroxyl groups excluding tert-OH is 2. The number of hydrogen-bond donors (Lipinski definition) is 6. The van der Waals surface area contributed by atoms with Crippen LogP contribution < -0.4 is 21.3 Å². The van der Waals surface area contributed by atoms with Crippen LogP contribution in [-0.2, 0) is 29.0 Å². The number of aliphatic hydroxyl groups is 2. The van der Waals surface area contributed by atoms with Gasteiger partial charge in [-0.3, -0.25) is 14.3 Å². The molecule has 0 aliphatic carbocycles. The zero-order valence-electron chi connectivity index (χ0n) is 30.3. The van der Waals surface area contributed by atoms with Crippen LogP contribution in [0.1, 0.15) is 53.6 Å². The SMILES string of the molecule is CCNC(=O)C[C@@H]1O[C@@H](n2cnc3c(NCC(c4ccccc4)c4ccccc4)nc(CNC(=O)NCCN4CCc5ccccc5C4)nc32)[C@H](O)[C@@H]1O. The number of hydrogen-bond acceptors (Lipinski definition) is 10. The zero-order chi connectivity index (χ0) is 37.4. The fraction of sp³-hybridized carbons (Fsp3) is 0.375. The number of anilines is 1. The molecule has 0 saturated carbocycles. The van der Waals surface area contributed by atoms with E-state index in [1.807, 2.05) is 36.4 Å². The van der Waals surface area contributed by atoms with Crippen LogP contribution in [0.15, 0.2) is 91.3 Å². The van der Waals surface area contributed by atoms with Crippen LogP contribution in [-0.4, -0.2) is 97.6 Å². The highest BCUT2D eigenvalue weighted by atomic mass is 16.6. The molecule has 5 aromatic rings. The molecule has 7 rings (SSSR count). The van der Waals surface area contributed by atoms with E-state index in [1.165, 1.54) is 17.5 Å². The van der Waals surface area contributed by atoms with Crippen LogP contribution in [0.25, 0.3) is 11.2 Å². The molecule has 54 heavy (non-hydrogen) atoms. The number of fused-ring (bicyclic) bond motifs is 2. The van der Waals surface area contributed by atoms with Crippen molar-refractivity contribution in [3.8, 4) is 0 Å². The van der Waals surface area contributed by atoms with Crippen molar-refractivity contribution in [1.82, 2.24) is 40.4 Å². The molecule has 3 amide bonds. The number of nitrogens with one attached hydrogen (secondary N) is 4. The first-order chi connectivity index (χ1) is 26.4. The van der Waals surface area contributed by atoms with Crippen LogP contribution >= 0.6 is 0 Å². The molecule has 14 heteroatoms. The smallest absolute Gasteiger partial charge is 0.315 e. The van der Waals surface area contributed by atoms with Crippen molar-refractivity contribution >= 4 is 28.9 Å². The third-order valence-electron chi connectivity index (χ3n) is 10.0. The second kappa shape index (κ2) is 17.2. The van der Waals surface area contributed by atoms with E-state index in [2.05, 4.69) is 79.7 Å². The van der Waals surface area contributed by atoms with Crippen molar-refractivity contribution in [2.24, 2.45) is 0 Å². The molecular weight excluding hydrogens is 686 g/mol. The molecule has 282 valence electrons. The van der Waals surface area contributed by atoms with Gasteiger partial charge < -0.3 is 36.2 Å². The highest BCUT2D eigenvalue weighted by molar-refractivity contribution is 5.83. The first kappa shape index (κ1) is 36.9. The number of amides is 3. The van der Waals surface area contributed by atoms with Crippen LogP contribution in [0.3, 0.4) is 0 Å². The molecule has 2 aliphatic rings. The Bertz CT molecular complexity index is 1990. The maximum Gasteiger partial charge on any atom is 0.315 e. The second-order valence-electron chi connectivity index (χ2n) is 13.7. The maximum absolute atomic E-state index is 13.0. The summed E-state index contributed by atoms with van der Waals surface area (Å²) < 4.78 is 7.60. The normalized spacial score (nSPS) is 19.8. The molecule has 4 atom stereocenters. The molecule has 14 nitrogen and oxygen atoms in total. The van der Waals surface area contributed by atoms with Crippen molar-refractivity contribution in [3.63, 3.8) is 0 Å². The summed E-state index contributed by atoms with van der Waals surface area (Å²) >= 11 is 0. The van der Waals surface area contributed by atoms with Crippen LogP contribution in [0.2, 0.25) is 0 Å². The van der Waals surface area contributed by atoms with Gasteiger partial charge in [-0.1, -0.05) is 84.9 Å². The van der Waals surface area contributed by atoms with Gasteiger partial charge in [-0.25, -0.2) is 19.7 Å². The van der Waals surface area contributed by atoms with E-state index >= 15 is 0 Å². The third kappa shape index (κ3) is 8.52. The number of nitrogens with zero attached hydrogens (tertiary/aromatic N) is 5. The molecule has 1 saturated heterocycles.